The minimum atomic E-state index is -1.35. The third-order valence-electron chi connectivity index (χ3n) is 10.0. The minimum Gasteiger partial charge on any atom is -0.455 e. The summed E-state index contributed by atoms with van der Waals surface area (Å²) in [5.41, 5.74) is -0.420. The van der Waals surface area contributed by atoms with Gasteiger partial charge in [0.25, 0.3) is 0 Å². The third kappa shape index (κ3) is 7.31. The van der Waals surface area contributed by atoms with Gasteiger partial charge in [-0.25, -0.2) is 0 Å². The lowest BCUT2D eigenvalue weighted by Crippen LogP contribution is -2.62. The minimum absolute atomic E-state index is 0.0322. The van der Waals surface area contributed by atoms with E-state index in [2.05, 4.69) is 34.4 Å². The zero-order valence-corrected chi connectivity index (χ0v) is 30.6. The Morgan fingerprint density at radius 3 is 2.38 bits per heavy atom. The number of likely N-dealkylation sites (tertiary alicyclic amines) is 1. The lowest BCUT2D eigenvalue weighted by atomic mass is 9.70. The Morgan fingerprint density at radius 1 is 1.12 bits per heavy atom. The Balaban J connectivity index is 1.53. The Hall–Kier alpha value is -3.80. The van der Waals surface area contributed by atoms with E-state index in [-0.39, 0.29) is 36.2 Å². The number of fused-ring (bicyclic) bond motifs is 1. The molecule has 3 saturated heterocycles. The van der Waals surface area contributed by atoms with Crippen molar-refractivity contribution in [2.45, 2.75) is 86.7 Å². The molecule has 0 radical (unpaired) electrons. The molecule has 0 saturated carbocycles. The number of hydrogen-bond donors (Lipinski definition) is 2. The number of hydrogen-bond acceptors (Lipinski definition) is 7. The van der Waals surface area contributed by atoms with Gasteiger partial charge in [-0.1, -0.05) is 88.7 Å². The first-order chi connectivity index (χ1) is 23.9. The van der Waals surface area contributed by atoms with Crippen LogP contribution in [0.25, 0.3) is 0 Å². The number of aliphatic hydroxyl groups excluding tert-OH is 1. The van der Waals surface area contributed by atoms with E-state index < -0.39 is 65.8 Å². The van der Waals surface area contributed by atoms with Crippen molar-refractivity contribution in [1.82, 2.24) is 15.1 Å². The fourth-order valence-electron chi connectivity index (χ4n) is 7.76. The molecule has 2 N–H and O–H groups in total. The predicted octanol–water partition coefficient (Wildman–Crippen LogP) is 4.52. The molecule has 2 aromatic carbocycles. The number of alkyl halides is 1. The summed E-state index contributed by atoms with van der Waals surface area (Å²) < 4.78 is 12.9. The van der Waals surface area contributed by atoms with E-state index in [0.717, 1.165) is 5.56 Å². The van der Waals surface area contributed by atoms with Crippen molar-refractivity contribution in [3.05, 3.63) is 97.1 Å². The summed E-state index contributed by atoms with van der Waals surface area (Å²) in [7, 11) is 0. The molecule has 1 unspecified atom stereocenters. The van der Waals surface area contributed by atoms with Gasteiger partial charge in [0.1, 0.15) is 17.7 Å². The number of benzene rings is 2. The number of allylic oxidation sites excluding steroid dienone is 1. The van der Waals surface area contributed by atoms with E-state index in [0.29, 0.717) is 24.8 Å². The summed E-state index contributed by atoms with van der Waals surface area (Å²) in [5, 5.41) is 13.7. The molecule has 3 fully saturated rings. The van der Waals surface area contributed by atoms with Crippen LogP contribution in [0, 0.1) is 11.8 Å². The topological polar surface area (TPSA) is 125 Å². The van der Waals surface area contributed by atoms with Crippen molar-refractivity contribution in [2.75, 3.05) is 19.7 Å². The number of carbonyl (C=O) groups is 4. The summed E-state index contributed by atoms with van der Waals surface area (Å²) in [5.74, 6) is -3.69. The highest BCUT2D eigenvalue weighted by Gasteiger charge is 2.77. The highest BCUT2D eigenvalue weighted by atomic mass is 79.9. The lowest BCUT2D eigenvalue weighted by molar-refractivity contribution is -0.161. The van der Waals surface area contributed by atoms with E-state index in [4.69, 9.17) is 9.47 Å². The van der Waals surface area contributed by atoms with Crippen LogP contribution in [0.1, 0.15) is 57.3 Å². The number of halogens is 1. The van der Waals surface area contributed by atoms with Crippen LogP contribution in [0.5, 0.6) is 0 Å². The van der Waals surface area contributed by atoms with Gasteiger partial charge in [-0.3, -0.25) is 19.2 Å². The van der Waals surface area contributed by atoms with Gasteiger partial charge in [0.05, 0.1) is 37.1 Å². The number of nitrogens with zero attached hydrogens (tertiary/aromatic N) is 2. The molecule has 3 aliphatic heterocycles. The van der Waals surface area contributed by atoms with E-state index >= 15 is 0 Å². The lowest BCUT2D eigenvalue weighted by Gasteiger charge is -2.43. The standard InChI is InChI=1S/C39H48BrN3O7/c1-6-8-19-30(45)41-23-29(26-17-13-10-14-18-26)49-37(48)31-32-35(46)43(27(24-44)21-25-15-11-9-12-16-25)34(39(32)22-28(40)33(31)50-39)36(47)42(20-7-2)38(3,4)5/h6-7,9-18,27-29,31-34,44H,1-2,8,19-24H2,3-5H3,(H,41,45)/t27-,28?,29+,31-,32+,33-,34-,39+/m1/s1. The van der Waals surface area contributed by atoms with Gasteiger partial charge in [-0.2, -0.15) is 0 Å². The molecule has 3 amide bonds. The maximum Gasteiger partial charge on any atom is 0.313 e. The first-order valence-electron chi connectivity index (χ1n) is 17.2. The second-order valence-corrected chi connectivity index (χ2v) is 15.5. The smallest absolute Gasteiger partial charge is 0.313 e. The van der Waals surface area contributed by atoms with Crippen molar-refractivity contribution in [3.8, 4) is 0 Å². The van der Waals surface area contributed by atoms with E-state index in [1.807, 2.05) is 81.4 Å². The van der Waals surface area contributed by atoms with Crippen LogP contribution in [0.3, 0.4) is 0 Å². The number of aliphatic hydroxyl groups is 1. The van der Waals surface area contributed by atoms with Crippen molar-refractivity contribution < 1.29 is 33.8 Å². The summed E-state index contributed by atoms with van der Waals surface area (Å²) in [4.78, 5) is 59.4. The van der Waals surface area contributed by atoms with Crippen molar-refractivity contribution >= 4 is 39.6 Å². The van der Waals surface area contributed by atoms with Crippen LogP contribution < -0.4 is 5.32 Å². The van der Waals surface area contributed by atoms with Crippen LogP contribution in [-0.4, -0.2) is 92.4 Å². The van der Waals surface area contributed by atoms with E-state index in [1.165, 1.54) is 4.90 Å². The number of esters is 1. The molecule has 10 nitrogen and oxygen atoms in total. The van der Waals surface area contributed by atoms with Crippen LogP contribution in [-0.2, 0) is 35.1 Å². The van der Waals surface area contributed by atoms with E-state index in [1.54, 1.807) is 17.1 Å². The molecule has 5 rings (SSSR count). The molecule has 11 heteroatoms. The fourth-order valence-corrected chi connectivity index (χ4v) is 8.70. The van der Waals surface area contributed by atoms with Gasteiger partial charge in [0.15, 0.2) is 0 Å². The van der Waals surface area contributed by atoms with Crippen molar-refractivity contribution in [2.24, 2.45) is 11.8 Å². The van der Waals surface area contributed by atoms with Crippen molar-refractivity contribution in [1.29, 1.82) is 0 Å². The Labute approximate surface area is 303 Å². The van der Waals surface area contributed by atoms with Crippen LogP contribution in [0.2, 0.25) is 0 Å². The van der Waals surface area contributed by atoms with E-state index in [9.17, 15) is 24.3 Å². The SMILES string of the molecule is C=CCCC(=O)NC[C@H](OC(=O)[C@H]1[C@@H]2O[C@@]3(CC2Br)[C@@H]1C(=O)N([C@@H](CO)Cc1ccccc1)[C@@H]3C(=O)N(CC=C)C(C)(C)C)c1ccccc1. The molecule has 3 aliphatic rings. The van der Waals surface area contributed by atoms with Gasteiger partial charge in [-0.15, -0.1) is 13.2 Å². The first kappa shape index (κ1) is 37.5. The predicted molar refractivity (Wildman–Crippen MR) is 193 cm³/mol. The maximum absolute atomic E-state index is 14.9. The van der Waals surface area contributed by atoms with Gasteiger partial charge in [0.2, 0.25) is 17.7 Å². The summed E-state index contributed by atoms with van der Waals surface area (Å²) in [6.45, 7) is 13.1. The summed E-state index contributed by atoms with van der Waals surface area (Å²) in [6, 6.07) is 16.7. The average Bonchev–Trinajstić information content (AvgIpc) is 3.70. The first-order valence-corrected chi connectivity index (χ1v) is 18.1. The number of ether oxygens (including phenoxy) is 2. The molecule has 2 bridgehead atoms. The normalized spacial score (nSPS) is 26.5. The number of carbonyl (C=O) groups excluding carboxylic acids is 4. The van der Waals surface area contributed by atoms with Gasteiger partial charge < -0.3 is 29.7 Å². The summed E-state index contributed by atoms with van der Waals surface area (Å²) in [6.07, 6.45) is 3.10. The molecular weight excluding hydrogens is 702 g/mol. The molecule has 1 spiro atoms. The molecule has 0 aromatic heterocycles. The highest BCUT2D eigenvalue weighted by molar-refractivity contribution is 9.09. The van der Waals surface area contributed by atoms with Crippen LogP contribution in [0.15, 0.2) is 86.0 Å². The zero-order valence-electron chi connectivity index (χ0n) is 29.0. The van der Waals surface area contributed by atoms with Crippen LogP contribution >= 0.6 is 15.9 Å². The maximum atomic E-state index is 14.9. The second-order valence-electron chi connectivity index (χ2n) is 14.3. The van der Waals surface area contributed by atoms with Gasteiger partial charge >= 0.3 is 5.97 Å². The largest absolute Gasteiger partial charge is 0.455 e. The molecule has 8 atom stereocenters. The summed E-state index contributed by atoms with van der Waals surface area (Å²) >= 11 is 3.73. The number of nitrogens with one attached hydrogen (secondary N) is 1. The molecule has 0 aliphatic carbocycles. The fraction of sp³-hybridized carbons (Fsp3) is 0.487. The average molecular weight is 751 g/mol. The third-order valence-corrected chi connectivity index (χ3v) is 10.9. The van der Waals surface area contributed by atoms with Gasteiger partial charge in [-0.05, 0) is 51.2 Å². The molecule has 50 heavy (non-hydrogen) atoms. The second kappa shape index (κ2) is 15.6. The molecular formula is C39H48BrN3O7. The Bertz CT molecular complexity index is 1560. The highest BCUT2D eigenvalue weighted by Crippen LogP contribution is 2.61. The van der Waals surface area contributed by atoms with Crippen LogP contribution in [0.4, 0.5) is 0 Å². The zero-order chi connectivity index (χ0) is 36.2. The Kier molecular flexibility index (Phi) is 11.7. The monoisotopic (exact) mass is 749 g/mol. The molecule has 3 heterocycles. The molecule has 2 aromatic rings. The number of rotatable bonds is 15. The van der Waals surface area contributed by atoms with Crippen molar-refractivity contribution in [3.63, 3.8) is 0 Å². The molecule has 268 valence electrons. The quantitative estimate of drug-likeness (QED) is 0.156. The Morgan fingerprint density at radius 2 is 1.78 bits per heavy atom. The van der Waals surface area contributed by atoms with Gasteiger partial charge in [0, 0.05) is 23.3 Å². The number of amides is 3.